The van der Waals surface area contributed by atoms with Crippen LogP contribution in [0, 0.1) is 12.8 Å². The number of carbonyl (C=O) groups is 1. The highest BCUT2D eigenvalue weighted by atomic mass is 32.2. The number of benzene rings is 2. The molecule has 0 amide bonds. The van der Waals surface area contributed by atoms with Gasteiger partial charge in [0, 0.05) is 37.7 Å². The number of allylic oxidation sites excluding steroid dienone is 2. The number of ether oxygens (including phenoxy) is 1. The van der Waals surface area contributed by atoms with Crippen molar-refractivity contribution in [1.82, 2.24) is 9.31 Å². The molecule has 3 unspecified atom stereocenters. The summed E-state index contributed by atoms with van der Waals surface area (Å²) in [6.07, 6.45) is 5.03. The number of aryl methyl sites for hydroxylation is 1. The summed E-state index contributed by atoms with van der Waals surface area (Å²) >= 11 is 0. The first kappa shape index (κ1) is 31.7. The highest BCUT2D eigenvalue weighted by Gasteiger charge is 2.38. The normalized spacial score (nSPS) is 21.9. The summed E-state index contributed by atoms with van der Waals surface area (Å²) in [5, 5.41) is 30.3. The minimum absolute atomic E-state index is 0.0302. The van der Waals surface area contributed by atoms with Crippen LogP contribution in [-0.2, 0) is 32.9 Å². The van der Waals surface area contributed by atoms with E-state index in [-0.39, 0.29) is 74.1 Å². The fourth-order valence-electron chi connectivity index (χ4n) is 5.90. The molecule has 4 atom stereocenters. The fraction of sp³-hybridized carbons (Fsp3) is 0.469. The quantitative estimate of drug-likeness (QED) is 0.343. The van der Waals surface area contributed by atoms with E-state index in [9.17, 15) is 23.4 Å². The predicted molar refractivity (Wildman–Crippen MR) is 164 cm³/mol. The van der Waals surface area contributed by atoms with Crippen molar-refractivity contribution in [2.24, 2.45) is 16.3 Å². The number of fused-ring (bicyclic) bond motifs is 2. The lowest BCUT2D eigenvalue weighted by Crippen LogP contribution is -2.37. The second-order valence-electron chi connectivity index (χ2n) is 11.7. The van der Waals surface area contributed by atoms with Crippen LogP contribution in [0.4, 0.5) is 0 Å². The van der Waals surface area contributed by atoms with E-state index in [0.717, 1.165) is 34.3 Å². The smallest absolute Gasteiger partial charge is 0.385 e. The first-order valence-corrected chi connectivity index (χ1v) is 16.3. The minimum Gasteiger partial charge on any atom is -0.508 e. The number of aliphatic hydroxyl groups is 1. The molecular weight excluding hydrogens is 584 g/mol. The maximum Gasteiger partial charge on any atom is 0.385 e. The zero-order chi connectivity index (χ0) is 31.6. The van der Waals surface area contributed by atoms with Crippen LogP contribution in [0.2, 0.25) is 0 Å². The van der Waals surface area contributed by atoms with Gasteiger partial charge in [-0.3, -0.25) is 9.80 Å². The molecule has 2 aliphatic heterocycles. The van der Waals surface area contributed by atoms with Crippen molar-refractivity contribution in [2.45, 2.75) is 71.6 Å². The van der Waals surface area contributed by atoms with E-state index >= 15 is 0 Å². The highest BCUT2D eigenvalue weighted by molar-refractivity contribution is 7.84. The Morgan fingerprint density at radius 1 is 1.20 bits per heavy atom. The van der Waals surface area contributed by atoms with Crippen molar-refractivity contribution >= 4 is 16.3 Å². The van der Waals surface area contributed by atoms with E-state index in [4.69, 9.17) is 8.92 Å². The molecule has 12 heteroatoms. The molecule has 0 radical (unpaired) electrons. The first-order chi connectivity index (χ1) is 21.0. The Kier molecular flexibility index (Phi) is 9.42. The van der Waals surface area contributed by atoms with Gasteiger partial charge in [-0.15, -0.1) is 0 Å². The number of aliphatic hydroxyl groups excluding tert-OH is 1. The van der Waals surface area contributed by atoms with Gasteiger partial charge in [-0.2, -0.15) is 17.8 Å². The maximum absolute atomic E-state index is 13.0. The van der Waals surface area contributed by atoms with E-state index in [0.29, 0.717) is 12.1 Å². The van der Waals surface area contributed by atoms with Crippen LogP contribution in [0.5, 0.6) is 11.5 Å². The monoisotopic (exact) mass is 624 g/mol. The molecule has 2 aromatic rings. The van der Waals surface area contributed by atoms with Gasteiger partial charge in [-0.05, 0) is 79.1 Å². The van der Waals surface area contributed by atoms with Crippen LogP contribution in [0.1, 0.15) is 61.8 Å². The van der Waals surface area contributed by atoms with Crippen molar-refractivity contribution < 1.29 is 32.3 Å². The van der Waals surface area contributed by atoms with Crippen molar-refractivity contribution in [3.63, 3.8) is 0 Å². The molecule has 44 heavy (non-hydrogen) atoms. The van der Waals surface area contributed by atoms with Crippen LogP contribution in [0.25, 0.3) is 0 Å². The van der Waals surface area contributed by atoms with Gasteiger partial charge < -0.3 is 19.1 Å². The Hall–Kier alpha value is -3.74. The molecule has 2 heterocycles. The van der Waals surface area contributed by atoms with Crippen LogP contribution in [0.15, 0.2) is 70.0 Å². The molecule has 0 saturated carbocycles. The summed E-state index contributed by atoms with van der Waals surface area (Å²) in [5.41, 5.74) is 5.06. The lowest BCUT2D eigenvalue weighted by atomic mass is 9.79. The van der Waals surface area contributed by atoms with E-state index in [1.54, 1.807) is 6.92 Å². The molecule has 0 aromatic heterocycles. The molecule has 5 rings (SSSR count). The second-order valence-corrected chi connectivity index (χ2v) is 13.3. The number of phenols is 1. The number of nitrogens with zero attached hydrogens (tertiary/aromatic N) is 4. The van der Waals surface area contributed by atoms with Gasteiger partial charge >= 0.3 is 16.3 Å². The Morgan fingerprint density at radius 3 is 2.75 bits per heavy atom. The van der Waals surface area contributed by atoms with Gasteiger partial charge in [-0.25, -0.2) is 0 Å². The zero-order valence-corrected chi connectivity index (χ0v) is 26.3. The predicted octanol–water partition coefficient (Wildman–Crippen LogP) is 4.70. The lowest BCUT2D eigenvalue weighted by molar-refractivity contribution is -0.143. The molecule has 0 saturated heterocycles. The second kappa shape index (κ2) is 13.1. The molecule has 1 aliphatic carbocycles. The summed E-state index contributed by atoms with van der Waals surface area (Å²) in [6.45, 7) is 8.88. The molecule has 11 nitrogen and oxygen atoms in total. The van der Waals surface area contributed by atoms with Crippen LogP contribution >= 0.6 is 0 Å². The number of phenolic OH excluding ortho intramolecular Hbond substituents is 1. The van der Waals surface area contributed by atoms with E-state index < -0.39 is 10.3 Å². The minimum atomic E-state index is -4.06. The van der Waals surface area contributed by atoms with Crippen molar-refractivity contribution in [1.29, 1.82) is 0 Å². The Labute approximate surface area is 258 Å². The number of aromatic hydroxyl groups is 1. The van der Waals surface area contributed by atoms with E-state index in [2.05, 4.69) is 16.4 Å². The van der Waals surface area contributed by atoms with Gasteiger partial charge in [0.15, 0.2) is 0 Å². The summed E-state index contributed by atoms with van der Waals surface area (Å²) in [4.78, 5) is 12.9. The summed E-state index contributed by atoms with van der Waals surface area (Å²) < 4.78 is 38.0. The summed E-state index contributed by atoms with van der Waals surface area (Å²) in [5.74, 6) is -0.276. The molecular formula is C32H40N4O7S. The average Bonchev–Trinajstić information content (AvgIpc) is 3.40. The van der Waals surface area contributed by atoms with Gasteiger partial charge in [0.1, 0.15) is 17.5 Å². The Morgan fingerprint density at radius 2 is 2.00 bits per heavy atom. The number of hydrogen-bond donors (Lipinski definition) is 2. The van der Waals surface area contributed by atoms with Crippen molar-refractivity contribution in [2.75, 3.05) is 19.8 Å². The molecule has 2 N–H and O–H groups in total. The van der Waals surface area contributed by atoms with Crippen molar-refractivity contribution in [3.05, 3.63) is 82.0 Å². The molecule has 0 spiro atoms. The molecule has 2 aromatic carbocycles. The van der Waals surface area contributed by atoms with Crippen molar-refractivity contribution in [3.8, 4) is 11.5 Å². The van der Waals surface area contributed by atoms with E-state index in [1.165, 1.54) is 22.5 Å². The maximum atomic E-state index is 13.0. The standard InChI is InChI=1S/C32H40N4O7S/c1-5-42-31(39)16-28(27-9-10-29-32(22(27)4)33-34-36(29)13-12-20(2)19-37)23-7-6-21(3)24(14-23)17-35-18-25-15-26(38)8-11-30(25)43-44(35,40)41/h6-11,14-15,20,28-29,32,37-38H,5,12-13,16-19H2,1-4H3/t20-,28?,29?,32?/m1/s1. The summed E-state index contributed by atoms with van der Waals surface area (Å²) in [6, 6.07) is 9.97. The van der Waals surface area contributed by atoms with Crippen LogP contribution in [-0.4, -0.2) is 65.8 Å². The first-order valence-electron chi connectivity index (χ1n) is 14.9. The number of hydrogen-bond acceptors (Lipinski definition) is 10. The number of rotatable bonds is 11. The SMILES string of the molecule is CCOC(=O)CC(C1=C(C)C2N=NN(CC[C@@H](C)CO)C2C=C1)c1ccc(C)c(CN2Cc3cc(O)ccc3OS2(=O)=O)c1. The molecule has 3 aliphatic rings. The molecule has 236 valence electrons. The number of esters is 1. The third-order valence-corrected chi connectivity index (χ3v) is 9.85. The third kappa shape index (κ3) is 6.67. The molecule has 0 bridgehead atoms. The average molecular weight is 625 g/mol. The van der Waals surface area contributed by atoms with Gasteiger partial charge in [0.25, 0.3) is 0 Å². The Balaban J connectivity index is 1.44. The lowest BCUT2D eigenvalue weighted by Gasteiger charge is -2.31. The highest BCUT2D eigenvalue weighted by Crippen LogP contribution is 2.40. The topological polar surface area (TPSA) is 141 Å². The van der Waals surface area contributed by atoms with Crippen LogP contribution < -0.4 is 4.18 Å². The Bertz CT molecular complexity index is 1600. The number of carbonyl (C=O) groups excluding carboxylic acids is 1. The largest absolute Gasteiger partial charge is 0.508 e. The van der Waals surface area contributed by atoms with Gasteiger partial charge in [0.05, 0.1) is 19.1 Å². The fourth-order valence-corrected chi connectivity index (χ4v) is 6.99. The zero-order valence-electron chi connectivity index (χ0n) is 25.5. The van der Waals surface area contributed by atoms with Crippen LogP contribution in [0.3, 0.4) is 0 Å². The van der Waals surface area contributed by atoms with E-state index in [1.807, 2.05) is 50.1 Å². The van der Waals surface area contributed by atoms with Gasteiger partial charge in [-0.1, -0.05) is 42.5 Å². The molecule has 0 fully saturated rings. The summed E-state index contributed by atoms with van der Waals surface area (Å²) in [7, 11) is -4.06. The van der Waals surface area contributed by atoms with Gasteiger partial charge in [0.2, 0.25) is 0 Å². The third-order valence-electron chi connectivity index (χ3n) is 8.57.